The predicted molar refractivity (Wildman–Crippen MR) is 128 cm³/mol. The molecule has 0 spiro atoms. The number of hydrogen-bond acceptors (Lipinski definition) is 6. The molecule has 0 bridgehead atoms. The molecule has 9 nitrogen and oxygen atoms in total. The minimum absolute atomic E-state index is 0.0604. The second-order valence-electron chi connectivity index (χ2n) is 8.36. The first kappa shape index (κ1) is 25.0. The van der Waals surface area contributed by atoms with Crippen LogP contribution in [0, 0.1) is 0 Å². The van der Waals surface area contributed by atoms with E-state index in [1.165, 1.54) is 4.31 Å². The van der Waals surface area contributed by atoms with Crippen LogP contribution in [0.5, 0.6) is 0 Å². The van der Waals surface area contributed by atoms with Crippen molar-refractivity contribution in [3.8, 4) is 0 Å². The van der Waals surface area contributed by atoms with Gasteiger partial charge in [-0.2, -0.15) is 16.1 Å². The third-order valence-electron chi connectivity index (χ3n) is 4.82. The lowest BCUT2D eigenvalue weighted by Gasteiger charge is -2.31. The van der Waals surface area contributed by atoms with E-state index in [4.69, 9.17) is 10.5 Å². The summed E-state index contributed by atoms with van der Waals surface area (Å²) in [7, 11) is -4.13. The van der Waals surface area contributed by atoms with E-state index in [1.807, 2.05) is 0 Å². The predicted octanol–water partition coefficient (Wildman–Crippen LogP) is 2.07. The van der Waals surface area contributed by atoms with Crippen molar-refractivity contribution in [3.05, 3.63) is 28.4 Å². The van der Waals surface area contributed by atoms with Gasteiger partial charge in [-0.1, -0.05) is 36.7 Å². The van der Waals surface area contributed by atoms with Crippen molar-refractivity contribution < 1.29 is 22.7 Å². The summed E-state index contributed by atoms with van der Waals surface area (Å²) in [4.78, 5) is 27.2. The first-order valence-corrected chi connectivity index (χ1v) is 13.3. The van der Waals surface area contributed by atoms with Crippen molar-refractivity contribution >= 4 is 60.4 Å². The molecule has 32 heavy (non-hydrogen) atoms. The van der Waals surface area contributed by atoms with Crippen LogP contribution in [0.4, 0.5) is 0 Å². The Balaban J connectivity index is 1.81. The zero-order valence-electron chi connectivity index (χ0n) is 18.1. The van der Waals surface area contributed by atoms with Crippen molar-refractivity contribution in [2.75, 3.05) is 32.0 Å². The van der Waals surface area contributed by atoms with Crippen LogP contribution in [0.1, 0.15) is 31.3 Å². The third kappa shape index (κ3) is 5.66. The number of carbonyl (C=O) groups is 2. The highest BCUT2D eigenvalue weighted by Crippen LogP contribution is 2.32. The maximum absolute atomic E-state index is 13.5. The van der Waals surface area contributed by atoms with E-state index in [9.17, 15) is 18.0 Å². The van der Waals surface area contributed by atoms with Gasteiger partial charge in [0.25, 0.3) is 11.8 Å². The number of nitrogens with zero attached hydrogens (tertiary/aromatic N) is 1. The van der Waals surface area contributed by atoms with Crippen LogP contribution in [0.2, 0.25) is 0 Å². The van der Waals surface area contributed by atoms with E-state index in [-0.39, 0.29) is 40.9 Å². The molecule has 2 heterocycles. The van der Waals surface area contributed by atoms with Crippen LogP contribution in [0.3, 0.4) is 0 Å². The van der Waals surface area contributed by atoms with Crippen LogP contribution in [-0.4, -0.2) is 72.4 Å². The number of benzene rings is 1. The first-order chi connectivity index (χ1) is 14.9. The summed E-state index contributed by atoms with van der Waals surface area (Å²) in [5.41, 5.74) is 5.74. The number of ether oxygens (including phenoxy) is 1. The number of nitrogens with two attached hydrogens (primary N) is 1. The molecule has 1 aliphatic rings. The Morgan fingerprint density at radius 1 is 1.38 bits per heavy atom. The Bertz CT molecular complexity index is 1130. The zero-order chi connectivity index (χ0) is 23.7. The lowest BCUT2D eigenvalue weighted by atomic mass is 10.2. The number of amides is 2. The van der Waals surface area contributed by atoms with Crippen molar-refractivity contribution in [3.63, 3.8) is 0 Å². The monoisotopic (exact) mass is 546 g/mol. The molecule has 1 aromatic carbocycles. The van der Waals surface area contributed by atoms with Crippen molar-refractivity contribution in [1.82, 2.24) is 14.6 Å². The number of hydrogen-bond donors (Lipinski definition) is 3. The highest BCUT2D eigenvalue weighted by Gasteiger charge is 2.37. The van der Waals surface area contributed by atoms with Gasteiger partial charge >= 0.3 is 0 Å². The number of carbonyl (C=O) groups excluding carboxylic acids is 2. The molecule has 1 aromatic heterocycles. The summed E-state index contributed by atoms with van der Waals surface area (Å²) in [5, 5.41) is 3.15. The average molecular weight is 547 g/mol. The average Bonchev–Trinajstić information content (AvgIpc) is 3.10. The lowest BCUT2D eigenvalue weighted by molar-refractivity contribution is -0.136. The summed E-state index contributed by atoms with van der Waals surface area (Å²) in [6.45, 7) is 6.70. The van der Waals surface area contributed by atoms with Gasteiger partial charge in [-0.15, -0.1) is 0 Å². The normalized spacial score (nSPS) is 18.1. The Labute approximate surface area is 200 Å². The molecule has 3 rings (SSSR count). The maximum Gasteiger partial charge on any atom is 0.266 e. The van der Waals surface area contributed by atoms with Gasteiger partial charge in [0, 0.05) is 45.5 Å². The zero-order valence-corrected chi connectivity index (χ0v) is 21.3. The maximum atomic E-state index is 13.5. The number of morpholine rings is 1. The van der Waals surface area contributed by atoms with Crippen LogP contribution in [-0.2, 0) is 19.6 Å². The fourth-order valence-electron chi connectivity index (χ4n) is 3.36. The molecular formula is C20H27BrN4O5S2. The summed E-state index contributed by atoms with van der Waals surface area (Å²) >= 11 is 5.05. The van der Waals surface area contributed by atoms with Crippen LogP contribution in [0.15, 0.2) is 27.6 Å². The minimum atomic E-state index is -4.13. The molecular weight excluding hydrogens is 520 g/mol. The Morgan fingerprint density at radius 2 is 2.09 bits per heavy atom. The van der Waals surface area contributed by atoms with Gasteiger partial charge in [0.2, 0.25) is 10.0 Å². The quantitative estimate of drug-likeness (QED) is 0.455. The topological polar surface area (TPSA) is 135 Å². The van der Waals surface area contributed by atoms with Gasteiger partial charge in [0.05, 0.1) is 6.61 Å². The van der Waals surface area contributed by atoms with Crippen molar-refractivity contribution in [2.45, 2.75) is 36.5 Å². The molecule has 0 saturated carbocycles. The highest BCUT2D eigenvalue weighted by atomic mass is 79.9. The number of aromatic nitrogens is 1. The summed E-state index contributed by atoms with van der Waals surface area (Å²) in [6, 6.07) is 5.01. The van der Waals surface area contributed by atoms with Crippen LogP contribution < -0.4 is 11.1 Å². The number of fused-ring (bicyclic) bond motifs is 1. The van der Waals surface area contributed by atoms with Crippen LogP contribution in [0.25, 0.3) is 10.9 Å². The van der Waals surface area contributed by atoms with Gasteiger partial charge in [-0.25, -0.2) is 8.42 Å². The second kappa shape index (κ2) is 9.72. The molecule has 2 amide bonds. The van der Waals surface area contributed by atoms with Crippen molar-refractivity contribution in [1.29, 1.82) is 0 Å². The van der Waals surface area contributed by atoms with E-state index < -0.39 is 22.0 Å². The minimum Gasteiger partial charge on any atom is -0.366 e. The second-order valence-corrected chi connectivity index (χ2v) is 13.1. The van der Waals surface area contributed by atoms with Gasteiger partial charge in [-0.3, -0.25) is 9.59 Å². The molecule has 1 unspecified atom stereocenters. The van der Waals surface area contributed by atoms with E-state index in [0.717, 1.165) is 5.75 Å². The SMILES string of the molecule is CC(C)(C)SCCNC(=O)C1CN(S(=O)(=O)c2c(C(N)=O)[nH]c3ccc(Br)cc23)CCO1. The van der Waals surface area contributed by atoms with Crippen molar-refractivity contribution in [2.24, 2.45) is 5.73 Å². The standard InChI is InChI=1S/C20H27BrN4O5S2/c1-20(2,3)31-9-6-23-19(27)15-11-25(7-8-30-15)32(28,29)17-13-10-12(21)4-5-14(13)24-16(17)18(22)26/h4-5,10,15,24H,6-9,11H2,1-3H3,(H2,22,26)(H,23,27). The van der Waals surface area contributed by atoms with Gasteiger partial charge in [0.15, 0.2) is 0 Å². The summed E-state index contributed by atoms with van der Waals surface area (Å²) < 4.78 is 34.5. The van der Waals surface area contributed by atoms with E-state index >= 15 is 0 Å². The molecule has 176 valence electrons. The van der Waals surface area contributed by atoms with E-state index in [0.29, 0.717) is 21.9 Å². The number of H-pyrrole nitrogens is 1. The number of aromatic amines is 1. The highest BCUT2D eigenvalue weighted by molar-refractivity contribution is 9.10. The molecule has 4 N–H and O–H groups in total. The number of nitrogens with one attached hydrogen (secondary N) is 2. The van der Waals surface area contributed by atoms with Crippen LogP contribution >= 0.6 is 27.7 Å². The molecule has 0 radical (unpaired) electrons. The smallest absolute Gasteiger partial charge is 0.266 e. The van der Waals surface area contributed by atoms with E-state index in [1.54, 1.807) is 30.0 Å². The molecule has 1 saturated heterocycles. The Kier molecular flexibility index (Phi) is 7.60. The molecule has 2 aromatic rings. The number of halogens is 1. The molecule has 1 atom stereocenters. The largest absolute Gasteiger partial charge is 0.366 e. The molecule has 12 heteroatoms. The molecule has 0 aliphatic carbocycles. The number of sulfonamides is 1. The Morgan fingerprint density at radius 3 is 2.75 bits per heavy atom. The molecule has 1 aliphatic heterocycles. The summed E-state index contributed by atoms with van der Waals surface area (Å²) in [6.07, 6.45) is -0.938. The van der Waals surface area contributed by atoms with E-state index in [2.05, 4.69) is 47.0 Å². The fraction of sp³-hybridized carbons (Fsp3) is 0.500. The Hall–Kier alpha value is -1.60. The number of rotatable bonds is 7. The van der Waals surface area contributed by atoms with Gasteiger partial charge in [0.1, 0.15) is 16.7 Å². The molecule has 1 fully saturated rings. The first-order valence-electron chi connectivity index (χ1n) is 10.0. The third-order valence-corrected chi connectivity index (χ3v) is 8.53. The number of thioether (sulfide) groups is 1. The number of primary amides is 1. The van der Waals surface area contributed by atoms with Gasteiger partial charge < -0.3 is 20.8 Å². The summed E-state index contributed by atoms with van der Waals surface area (Å²) in [5.74, 6) is -0.512. The van der Waals surface area contributed by atoms with Gasteiger partial charge in [-0.05, 0) is 18.2 Å². The lowest BCUT2D eigenvalue weighted by Crippen LogP contribution is -2.51. The fourth-order valence-corrected chi connectivity index (χ4v) is 6.30.